The molecule has 1 rings (SSSR count). The zero-order valence-corrected chi connectivity index (χ0v) is 9.43. The molecule has 0 aliphatic rings. The molecule has 1 aromatic carbocycles. The number of halogens is 1. The fourth-order valence-electron chi connectivity index (χ4n) is 1.32. The average molecular weight is 210 g/mol. The molecule has 0 fully saturated rings. The summed E-state index contributed by atoms with van der Waals surface area (Å²) in [5, 5.41) is 4.16. The van der Waals surface area contributed by atoms with Gasteiger partial charge in [-0.25, -0.2) is 0 Å². The largest absolute Gasteiger partial charge is 0.379 e. The molecule has 0 aliphatic heterocycles. The van der Waals surface area contributed by atoms with Gasteiger partial charge in [0.25, 0.3) is 0 Å². The zero-order valence-electron chi connectivity index (χ0n) is 8.68. The summed E-state index contributed by atoms with van der Waals surface area (Å²) in [7, 11) is 0. The first-order valence-corrected chi connectivity index (χ1v) is 5.18. The molecule has 0 saturated carbocycles. The summed E-state index contributed by atoms with van der Waals surface area (Å²) < 4.78 is 0. The first kappa shape index (κ1) is 11.1. The fourth-order valence-corrected chi connectivity index (χ4v) is 1.45. The quantitative estimate of drug-likeness (QED) is 0.736. The predicted octanol–water partition coefficient (Wildman–Crippen LogP) is 4.11. The molecule has 0 bridgehead atoms. The van der Waals surface area contributed by atoms with Crippen LogP contribution in [-0.2, 0) is 0 Å². The molecule has 76 valence electrons. The van der Waals surface area contributed by atoms with Gasteiger partial charge in [0, 0.05) is 16.8 Å². The average Bonchev–Trinajstić information content (AvgIpc) is 2.16. The van der Waals surface area contributed by atoms with Crippen LogP contribution in [0.1, 0.15) is 20.3 Å². The van der Waals surface area contributed by atoms with Crippen LogP contribution in [0.4, 0.5) is 5.69 Å². The highest BCUT2D eigenvalue weighted by Gasteiger charge is 2.05. The summed E-state index contributed by atoms with van der Waals surface area (Å²) in [4.78, 5) is 0. The van der Waals surface area contributed by atoms with Crippen molar-refractivity contribution in [2.45, 2.75) is 26.3 Å². The minimum absolute atomic E-state index is 0.344. The van der Waals surface area contributed by atoms with Crippen molar-refractivity contribution in [3.8, 4) is 0 Å². The van der Waals surface area contributed by atoms with Crippen molar-refractivity contribution in [1.82, 2.24) is 0 Å². The molecule has 2 heteroatoms. The Morgan fingerprint density at radius 2 is 2.00 bits per heavy atom. The van der Waals surface area contributed by atoms with Crippen LogP contribution in [0, 0.1) is 0 Å². The van der Waals surface area contributed by atoms with Crippen LogP contribution in [0.3, 0.4) is 0 Å². The number of nitrogens with one attached hydrogen (secondary N) is 1. The van der Waals surface area contributed by atoms with Crippen molar-refractivity contribution in [3.05, 3.63) is 41.4 Å². The Balaban J connectivity index is 2.67. The molecular weight excluding hydrogens is 194 g/mol. The maximum atomic E-state index is 5.80. The Hall–Kier alpha value is -0.950. The van der Waals surface area contributed by atoms with E-state index in [1.54, 1.807) is 0 Å². The second-order valence-electron chi connectivity index (χ2n) is 3.46. The number of hydrogen-bond acceptors (Lipinski definition) is 1. The number of benzene rings is 1. The van der Waals surface area contributed by atoms with Crippen LogP contribution in [-0.4, -0.2) is 6.04 Å². The summed E-state index contributed by atoms with van der Waals surface area (Å²) >= 11 is 5.80. The molecule has 0 radical (unpaired) electrons. The first-order valence-electron chi connectivity index (χ1n) is 4.81. The molecule has 1 unspecified atom stereocenters. The highest BCUT2D eigenvalue weighted by molar-refractivity contribution is 6.30. The summed E-state index contributed by atoms with van der Waals surface area (Å²) in [5.41, 5.74) is 2.24. The highest BCUT2D eigenvalue weighted by atomic mass is 35.5. The van der Waals surface area contributed by atoms with Gasteiger partial charge in [-0.3, -0.25) is 0 Å². The van der Waals surface area contributed by atoms with Gasteiger partial charge in [0.05, 0.1) is 0 Å². The van der Waals surface area contributed by atoms with E-state index in [0.717, 1.165) is 22.7 Å². The smallest absolute Gasteiger partial charge is 0.0465 e. The summed E-state index contributed by atoms with van der Waals surface area (Å²) in [6.07, 6.45) is 1.04. The zero-order chi connectivity index (χ0) is 10.6. The molecule has 0 amide bonds. The van der Waals surface area contributed by atoms with Gasteiger partial charge in [0.2, 0.25) is 0 Å². The molecule has 0 aliphatic carbocycles. The summed E-state index contributed by atoms with van der Waals surface area (Å²) in [6, 6.07) is 8.07. The minimum atomic E-state index is 0.344. The van der Waals surface area contributed by atoms with Crippen LogP contribution in [0.15, 0.2) is 36.4 Å². The lowest BCUT2D eigenvalue weighted by molar-refractivity contribution is 0.791. The van der Waals surface area contributed by atoms with Crippen LogP contribution in [0.25, 0.3) is 0 Å². The number of rotatable bonds is 4. The van der Waals surface area contributed by atoms with E-state index >= 15 is 0 Å². The molecular formula is C12H16ClN. The maximum absolute atomic E-state index is 5.80. The van der Waals surface area contributed by atoms with Crippen LogP contribution in [0.2, 0.25) is 5.02 Å². The second kappa shape index (κ2) is 5.06. The lowest BCUT2D eigenvalue weighted by Gasteiger charge is -2.18. The predicted molar refractivity (Wildman–Crippen MR) is 64.0 cm³/mol. The Morgan fingerprint density at radius 3 is 2.43 bits per heavy atom. The summed E-state index contributed by atoms with van der Waals surface area (Å²) in [6.45, 7) is 8.13. The normalized spacial score (nSPS) is 12.2. The molecule has 0 heterocycles. The maximum Gasteiger partial charge on any atom is 0.0465 e. The third kappa shape index (κ3) is 3.08. The lowest BCUT2D eigenvalue weighted by atomic mass is 10.1. The molecule has 1 aromatic rings. The van der Waals surface area contributed by atoms with Gasteiger partial charge in [-0.2, -0.15) is 0 Å². The standard InChI is InChI=1S/C12H16ClN/c1-4-12(9(2)3)14-11-7-5-10(13)6-8-11/h5-8,12,14H,2,4H2,1,3H3. The topological polar surface area (TPSA) is 12.0 Å². The first-order chi connectivity index (χ1) is 6.63. The lowest BCUT2D eigenvalue weighted by Crippen LogP contribution is -2.18. The van der Waals surface area contributed by atoms with Crippen molar-refractivity contribution in [3.63, 3.8) is 0 Å². The van der Waals surface area contributed by atoms with Crippen LogP contribution in [0.5, 0.6) is 0 Å². The third-order valence-electron chi connectivity index (χ3n) is 2.19. The van der Waals surface area contributed by atoms with Crippen molar-refractivity contribution in [1.29, 1.82) is 0 Å². The van der Waals surface area contributed by atoms with E-state index in [1.807, 2.05) is 31.2 Å². The van der Waals surface area contributed by atoms with E-state index in [9.17, 15) is 0 Å². The second-order valence-corrected chi connectivity index (χ2v) is 3.89. The molecule has 0 aromatic heterocycles. The van der Waals surface area contributed by atoms with Crippen molar-refractivity contribution in [2.24, 2.45) is 0 Å². The molecule has 0 spiro atoms. The third-order valence-corrected chi connectivity index (χ3v) is 2.44. The Bertz CT molecular complexity index is 303. The van der Waals surface area contributed by atoms with Gasteiger partial charge in [-0.1, -0.05) is 30.7 Å². The minimum Gasteiger partial charge on any atom is -0.379 e. The van der Waals surface area contributed by atoms with Gasteiger partial charge in [0.1, 0.15) is 0 Å². The van der Waals surface area contributed by atoms with E-state index in [-0.39, 0.29) is 0 Å². The van der Waals surface area contributed by atoms with E-state index in [0.29, 0.717) is 6.04 Å². The van der Waals surface area contributed by atoms with Crippen molar-refractivity contribution >= 4 is 17.3 Å². The van der Waals surface area contributed by atoms with Crippen molar-refractivity contribution < 1.29 is 0 Å². The Labute approximate surface area is 90.8 Å². The summed E-state index contributed by atoms with van der Waals surface area (Å²) in [5.74, 6) is 0. The molecule has 1 nitrogen and oxygen atoms in total. The van der Waals surface area contributed by atoms with E-state index in [4.69, 9.17) is 11.6 Å². The fraction of sp³-hybridized carbons (Fsp3) is 0.333. The SMILES string of the molecule is C=C(C)C(CC)Nc1ccc(Cl)cc1. The number of anilines is 1. The van der Waals surface area contributed by atoms with E-state index < -0.39 is 0 Å². The molecule has 1 N–H and O–H groups in total. The van der Waals surface area contributed by atoms with E-state index in [1.165, 1.54) is 0 Å². The molecule has 14 heavy (non-hydrogen) atoms. The van der Waals surface area contributed by atoms with Gasteiger partial charge in [-0.05, 0) is 37.6 Å². The van der Waals surface area contributed by atoms with Gasteiger partial charge in [0.15, 0.2) is 0 Å². The monoisotopic (exact) mass is 209 g/mol. The Morgan fingerprint density at radius 1 is 1.43 bits per heavy atom. The molecule has 0 saturated heterocycles. The van der Waals surface area contributed by atoms with Crippen LogP contribution < -0.4 is 5.32 Å². The highest BCUT2D eigenvalue weighted by Crippen LogP contribution is 2.16. The van der Waals surface area contributed by atoms with Gasteiger partial charge in [-0.15, -0.1) is 0 Å². The number of hydrogen-bond donors (Lipinski definition) is 1. The van der Waals surface area contributed by atoms with E-state index in [2.05, 4.69) is 18.8 Å². The Kier molecular flexibility index (Phi) is 4.02. The van der Waals surface area contributed by atoms with Gasteiger partial charge >= 0.3 is 0 Å². The van der Waals surface area contributed by atoms with Crippen molar-refractivity contribution in [2.75, 3.05) is 5.32 Å². The van der Waals surface area contributed by atoms with Gasteiger partial charge < -0.3 is 5.32 Å². The molecule has 1 atom stereocenters. The van der Waals surface area contributed by atoms with Crippen LogP contribution >= 0.6 is 11.6 Å².